The molecule has 91 heavy (non-hydrogen) atoms. The van der Waals surface area contributed by atoms with E-state index in [0.717, 1.165) is 57.8 Å². The molecule has 0 aliphatic heterocycles. The number of esters is 1. The predicted octanol–water partition coefficient (Wildman–Crippen LogP) is 27.5. The molecule has 6 nitrogen and oxygen atoms in total. The topological polar surface area (TPSA) is 95.9 Å². The number of carbonyl (C=O) groups is 2. The highest BCUT2D eigenvalue weighted by atomic mass is 16.5. The van der Waals surface area contributed by atoms with Gasteiger partial charge in [0.25, 0.3) is 0 Å². The largest absolute Gasteiger partial charge is 0.466 e. The summed E-state index contributed by atoms with van der Waals surface area (Å²) < 4.78 is 5.48. The summed E-state index contributed by atoms with van der Waals surface area (Å²) in [5.41, 5.74) is 0. The molecule has 0 aromatic heterocycles. The molecule has 6 heteroatoms. The highest BCUT2D eigenvalue weighted by molar-refractivity contribution is 5.76. The van der Waals surface area contributed by atoms with Crippen molar-refractivity contribution < 1.29 is 24.5 Å². The fourth-order valence-corrected chi connectivity index (χ4v) is 13.1. The summed E-state index contributed by atoms with van der Waals surface area (Å²) in [5, 5.41) is 23.5. The Morgan fingerprint density at radius 2 is 0.571 bits per heavy atom. The van der Waals surface area contributed by atoms with E-state index in [1.807, 2.05) is 0 Å². The van der Waals surface area contributed by atoms with Gasteiger partial charge in [0, 0.05) is 12.8 Å². The van der Waals surface area contributed by atoms with E-state index in [0.29, 0.717) is 25.9 Å². The molecule has 0 radical (unpaired) electrons. The van der Waals surface area contributed by atoms with E-state index in [1.54, 1.807) is 0 Å². The Kier molecular flexibility index (Phi) is 78.3. The Morgan fingerprint density at radius 3 is 0.879 bits per heavy atom. The van der Waals surface area contributed by atoms with Crippen molar-refractivity contribution in [2.24, 2.45) is 0 Å². The second-order valence-corrected chi connectivity index (χ2v) is 28.5. The van der Waals surface area contributed by atoms with Crippen molar-refractivity contribution in [2.45, 2.75) is 469 Å². The molecule has 0 aliphatic rings. The summed E-state index contributed by atoms with van der Waals surface area (Å²) in [7, 11) is 0. The van der Waals surface area contributed by atoms with Crippen molar-refractivity contribution in [2.75, 3.05) is 13.2 Å². The number of amides is 1. The van der Waals surface area contributed by atoms with E-state index in [1.165, 1.54) is 366 Å². The lowest BCUT2D eigenvalue weighted by Gasteiger charge is -2.22. The number of nitrogens with one attached hydrogen (secondary N) is 1. The summed E-state index contributed by atoms with van der Waals surface area (Å²) in [6.07, 6.45) is 107. The lowest BCUT2D eigenvalue weighted by molar-refractivity contribution is -0.143. The van der Waals surface area contributed by atoms with Gasteiger partial charge in [0.2, 0.25) is 5.91 Å². The fraction of sp³-hybridized carbons (Fsp3) is 0.882. The molecule has 0 heterocycles. The highest BCUT2D eigenvalue weighted by Crippen LogP contribution is 2.20. The van der Waals surface area contributed by atoms with Gasteiger partial charge in [0.15, 0.2) is 0 Å². The van der Waals surface area contributed by atoms with Crippen LogP contribution in [0.2, 0.25) is 0 Å². The van der Waals surface area contributed by atoms with E-state index in [9.17, 15) is 19.8 Å². The van der Waals surface area contributed by atoms with Gasteiger partial charge in [-0.15, -0.1) is 0 Å². The molecule has 0 rings (SSSR count). The molecule has 0 fully saturated rings. The Balaban J connectivity index is 3.37. The number of aliphatic hydroxyl groups excluding tert-OH is 2. The Hall–Kier alpha value is -2.18. The van der Waals surface area contributed by atoms with Crippen LogP contribution in [0.15, 0.2) is 48.6 Å². The zero-order valence-electron chi connectivity index (χ0n) is 61.6. The minimum atomic E-state index is -0.664. The monoisotopic (exact) mass is 1280 g/mol. The zero-order chi connectivity index (χ0) is 65.6. The van der Waals surface area contributed by atoms with Gasteiger partial charge in [-0.05, 0) is 83.5 Å². The number of carbonyl (C=O) groups excluding carboxylic acids is 2. The maximum Gasteiger partial charge on any atom is 0.305 e. The smallest absolute Gasteiger partial charge is 0.305 e. The first-order valence-electron chi connectivity index (χ1n) is 41.4. The van der Waals surface area contributed by atoms with Crippen molar-refractivity contribution in [3.8, 4) is 0 Å². The van der Waals surface area contributed by atoms with Crippen molar-refractivity contribution in [1.82, 2.24) is 5.32 Å². The number of unbranched alkanes of at least 4 members (excludes halogenated alkanes) is 59. The molecule has 3 N–H and O–H groups in total. The first-order valence-corrected chi connectivity index (χ1v) is 41.4. The Labute approximate surface area is 569 Å². The third-order valence-corrected chi connectivity index (χ3v) is 19.3. The van der Waals surface area contributed by atoms with Crippen molar-refractivity contribution in [3.05, 3.63) is 48.6 Å². The molecule has 1 amide bonds. The third kappa shape index (κ3) is 76.7. The van der Waals surface area contributed by atoms with Crippen LogP contribution in [0.4, 0.5) is 0 Å². The zero-order valence-corrected chi connectivity index (χ0v) is 61.6. The number of hydrogen-bond donors (Lipinski definition) is 3. The minimum absolute atomic E-state index is 0.00377. The van der Waals surface area contributed by atoms with Gasteiger partial charge in [-0.25, -0.2) is 0 Å². The highest BCUT2D eigenvalue weighted by Gasteiger charge is 2.20. The average molecular weight is 1280 g/mol. The Morgan fingerprint density at radius 1 is 0.308 bits per heavy atom. The van der Waals surface area contributed by atoms with Crippen molar-refractivity contribution in [1.29, 1.82) is 0 Å². The molecule has 0 spiro atoms. The summed E-state index contributed by atoms with van der Waals surface area (Å²) in [6, 6.07) is -0.541. The van der Waals surface area contributed by atoms with Gasteiger partial charge >= 0.3 is 5.97 Å². The minimum Gasteiger partial charge on any atom is -0.466 e. The van der Waals surface area contributed by atoms with Gasteiger partial charge < -0.3 is 20.3 Å². The first-order chi connectivity index (χ1) is 45.0. The molecule has 2 unspecified atom stereocenters. The number of ether oxygens (including phenoxy) is 1. The third-order valence-electron chi connectivity index (χ3n) is 19.3. The second kappa shape index (κ2) is 80.3. The number of hydrogen-bond acceptors (Lipinski definition) is 5. The van der Waals surface area contributed by atoms with Gasteiger partial charge in [0.1, 0.15) is 0 Å². The quantitative estimate of drug-likeness (QED) is 0.0320. The lowest BCUT2D eigenvalue weighted by atomic mass is 10.0. The van der Waals surface area contributed by atoms with E-state index in [4.69, 9.17) is 4.74 Å². The van der Waals surface area contributed by atoms with Gasteiger partial charge in [-0.3, -0.25) is 9.59 Å². The van der Waals surface area contributed by atoms with Crippen LogP contribution in [0.3, 0.4) is 0 Å². The summed E-state index contributed by atoms with van der Waals surface area (Å²) >= 11 is 0. The molecule has 0 saturated heterocycles. The van der Waals surface area contributed by atoms with E-state index in [-0.39, 0.29) is 18.5 Å². The molecule has 0 aromatic rings. The van der Waals surface area contributed by atoms with Gasteiger partial charge in [0.05, 0.1) is 25.4 Å². The molecular weight excluding hydrogens is 1110 g/mol. The number of rotatable bonds is 78. The van der Waals surface area contributed by atoms with Crippen molar-refractivity contribution in [3.63, 3.8) is 0 Å². The van der Waals surface area contributed by atoms with Gasteiger partial charge in [-0.2, -0.15) is 0 Å². The van der Waals surface area contributed by atoms with Crippen LogP contribution in [0, 0.1) is 0 Å². The van der Waals surface area contributed by atoms with Crippen LogP contribution in [-0.4, -0.2) is 47.4 Å². The van der Waals surface area contributed by atoms with Gasteiger partial charge in [-0.1, -0.05) is 409 Å². The summed E-state index contributed by atoms with van der Waals surface area (Å²) in [5.74, 6) is -0.0231. The molecule has 0 bridgehead atoms. The van der Waals surface area contributed by atoms with Crippen LogP contribution >= 0.6 is 0 Å². The first kappa shape index (κ1) is 88.8. The molecule has 2 atom stereocenters. The normalized spacial score (nSPS) is 12.7. The van der Waals surface area contributed by atoms with Crippen LogP contribution in [-0.2, 0) is 14.3 Å². The van der Waals surface area contributed by atoms with Crippen LogP contribution in [0.5, 0.6) is 0 Å². The van der Waals surface area contributed by atoms with Crippen molar-refractivity contribution >= 4 is 11.9 Å². The lowest BCUT2D eigenvalue weighted by Crippen LogP contribution is -2.45. The SMILES string of the molecule is CCC/C=C\C/C=C\CCCCCCCC(=O)OCCCCCCCCCCCCCCC/C=C\C/C=C\CCCCCCCCCCCCCCCCCCCC(=O)NC(CO)C(O)CCCCCCCCCCCCCCCCCCCCCCCCCC. The molecule has 0 saturated carbocycles. The molecule has 0 aromatic carbocycles. The van der Waals surface area contributed by atoms with E-state index >= 15 is 0 Å². The van der Waals surface area contributed by atoms with Crippen LogP contribution in [0.25, 0.3) is 0 Å². The maximum absolute atomic E-state index is 12.6. The maximum atomic E-state index is 12.6. The predicted molar refractivity (Wildman–Crippen MR) is 402 cm³/mol. The Bertz CT molecular complexity index is 1520. The van der Waals surface area contributed by atoms with Crippen LogP contribution < -0.4 is 5.32 Å². The average Bonchev–Trinajstić information content (AvgIpc) is 3.68. The molecule has 0 aliphatic carbocycles. The second-order valence-electron chi connectivity index (χ2n) is 28.5. The van der Waals surface area contributed by atoms with E-state index < -0.39 is 12.1 Å². The molecular formula is C85H161NO5. The van der Waals surface area contributed by atoms with E-state index in [2.05, 4.69) is 67.8 Å². The standard InChI is InChI=1S/C85H161NO5/c1-3-5-7-9-11-13-15-17-18-19-20-21-22-38-41-44-47-50-54-57-61-65-69-73-77-83(88)82(81-87)86-84(89)78-74-70-66-62-58-55-51-48-45-42-39-36-34-32-30-28-26-24-23-25-27-29-31-33-35-37-40-43-46-49-52-56-60-64-68-72-76-80-91-85(90)79-75-71-67-63-59-53-16-14-12-10-8-6-4-2/h8,10,14,16,23,25,29,31,82-83,87-88H,3-7,9,11-13,15,17-22,24,26-28,30,32-81H2,1-2H3,(H,86,89)/b10-8-,16-14-,25-23-,31-29-. The fourth-order valence-electron chi connectivity index (χ4n) is 13.1. The summed E-state index contributed by atoms with van der Waals surface area (Å²) in [4.78, 5) is 24.6. The van der Waals surface area contributed by atoms with Crippen LogP contribution in [0.1, 0.15) is 457 Å². The number of allylic oxidation sites excluding steroid dienone is 8. The number of aliphatic hydroxyl groups is 2. The molecule has 536 valence electrons. The summed E-state index contributed by atoms with van der Waals surface area (Å²) in [6.45, 7) is 4.93.